The summed E-state index contributed by atoms with van der Waals surface area (Å²) in [7, 11) is 0. The minimum atomic E-state index is -0.377. The predicted octanol–water partition coefficient (Wildman–Crippen LogP) is 5.69. The molecule has 164 valence electrons. The quantitative estimate of drug-likeness (QED) is 0.309. The molecule has 0 aliphatic carbocycles. The first-order valence-electron chi connectivity index (χ1n) is 9.73. The molecule has 0 spiro atoms. The number of carbonyl (C=O) groups is 1. The van der Waals surface area contributed by atoms with E-state index in [9.17, 15) is 9.18 Å². The molecule has 4 aromatic rings. The summed E-state index contributed by atoms with van der Waals surface area (Å²) in [6.45, 7) is 4.19. The van der Waals surface area contributed by atoms with Crippen LogP contribution in [0.1, 0.15) is 32.9 Å². The number of nitrogens with zero attached hydrogens (tertiary/aromatic N) is 4. The van der Waals surface area contributed by atoms with Crippen LogP contribution in [0.3, 0.4) is 0 Å². The summed E-state index contributed by atoms with van der Waals surface area (Å²) in [5, 5.41) is 24.3. The Kier molecular flexibility index (Phi) is 7.08. The van der Waals surface area contributed by atoms with Gasteiger partial charge in [0.2, 0.25) is 10.1 Å². The Morgan fingerprint density at radius 1 is 1.06 bits per heavy atom. The van der Waals surface area contributed by atoms with Crippen LogP contribution in [0.25, 0.3) is 0 Å². The van der Waals surface area contributed by atoms with Crippen LogP contribution in [0.4, 0.5) is 20.9 Å². The third-order valence-corrected chi connectivity index (χ3v) is 7.55. The van der Waals surface area contributed by atoms with Gasteiger partial charge in [0.1, 0.15) is 10.8 Å². The zero-order chi connectivity index (χ0) is 22.5. The van der Waals surface area contributed by atoms with E-state index in [2.05, 4.69) is 63.1 Å². The highest BCUT2D eigenvalue weighted by atomic mass is 32.2. The summed E-state index contributed by atoms with van der Waals surface area (Å²) in [6, 6.07) is 11.8. The molecule has 2 aromatic heterocycles. The fraction of sp³-hybridized carbons (Fsp3) is 0.190. The van der Waals surface area contributed by atoms with Crippen molar-refractivity contribution in [2.24, 2.45) is 0 Å². The summed E-state index contributed by atoms with van der Waals surface area (Å²) in [4.78, 5) is 12.3. The minimum absolute atomic E-state index is 0.246. The van der Waals surface area contributed by atoms with Crippen LogP contribution >= 0.6 is 34.4 Å². The number of thioether (sulfide) groups is 1. The number of hydrogen-bond donors (Lipinski definition) is 2. The standard InChI is InChI=1S/C21H19FN6OS3/c1-3-13-6-4-5-12(2)17(13)24-20-27-28-21(32-20)30-11-16-25-26-19(31-16)18(29)23-15-9-7-14(22)8-10-15/h4-10H,3,11H2,1-2H3,(H,23,29)(H,24,27). The third-order valence-electron chi connectivity index (χ3n) is 4.46. The van der Waals surface area contributed by atoms with Gasteiger partial charge in [-0.25, -0.2) is 4.39 Å². The largest absolute Gasteiger partial charge is 0.330 e. The number of aryl methyl sites for hydroxylation is 2. The zero-order valence-electron chi connectivity index (χ0n) is 17.3. The lowest BCUT2D eigenvalue weighted by molar-refractivity contribution is 0.102. The summed E-state index contributed by atoms with van der Waals surface area (Å²) in [5.41, 5.74) is 3.96. The maximum absolute atomic E-state index is 13.0. The van der Waals surface area contributed by atoms with Gasteiger partial charge in [0, 0.05) is 11.4 Å². The van der Waals surface area contributed by atoms with Gasteiger partial charge in [0.05, 0.1) is 5.75 Å². The Balaban J connectivity index is 1.34. The van der Waals surface area contributed by atoms with E-state index in [1.807, 2.05) is 0 Å². The molecule has 32 heavy (non-hydrogen) atoms. The number of para-hydroxylation sites is 1. The topological polar surface area (TPSA) is 92.7 Å². The minimum Gasteiger partial charge on any atom is -0.330 e. The number of hydrogen-bond acceptors (Lipinski definition) is 9. The molecule has 11 heteroatoms. The van der Waals surface area contributed by atoms with Gasteiger partial charge >= 0.3 is 0 Å². The van der Waals surface area contributed by atoms with E-state index in [1.54, 1.807) is 0 Å². The van der Waals surface area contributed by atoms with Crippen LogP contribution in [-0.4, -0.2) is 26.3 Å². The molecular weight excluding hydrogens is 467 g/mol. The van der Waals surface area contributed by atoms with Gasteiger partial charge in [-0.1, -0.05) is 59.6 Å². The molecular formula is C21H19FN6OS3. The Morgan fingerprint density at radius 2 is 1.88 bits per heavy atom. The second kappa shape index (κ2) is 10.2. The highest BCUT2D eigenvalue weighted by Gasteiger charge is 2.15. The van der Waals surface area contributed by atoms with E-state index in [-0.39, 0.29) is 16.7 Å². The molecule has 4 rings (SSSR count). The molecule has 0 aliphatic rings. The number of carbonyl (C=O) groups excluding carboxylic acids is 1. The molecule has 2 N–H and O–H groups in total. The van der Waals surface area contributed by atoms with Crippen LogP contribution in [-0.2, 0) is 12.2 Å². The number of benzene rings is 2. The van der Waals surface area contributed by atoms with Crippen LogP contribution in [0, 0.1) is 12.7 Å². The van der Waals surface area contributed by atoms with Crippen molar-refractivity contribution in [3.8, 4) is 0 Å². The van der Waals surface area contributed by atoms with Crippen molar-refractivity contribution in [1.29, 1.82) is 0 Å². The average Bonchev–Trinajstić information content (AvgIpc) is 3.45. The van der Waals surface area contributed by atoms with E-state index in [4.69, 9.17) is 0 Å². The van der Waals surface area contributed by atoms with Crippen molar-refractivity contribution in [3.05, 3.63) is 69.4 Å². The lowest BCUT2D eigenvalue weighted by Gasteiger charge is -2.11. The lowest BCUT2D eigenvalue weighted by atomic mass is 10.1. The van der Waals surface area contributed by atoms with Gasteiger partial charge in [-0.3, -0.25) is 4.79 Å². The van der Waals surface area contributed by atoms with Gasteiger partial charge < -0.3 is 10.6 Å². The van der Waals surface area contributed by atoms with Gasteiger partial charge in [-0.2, -0.15) is 0 Å². The first kappa shape index (κ1) is 22.3. The fourth-order valence-electron chi connectivity index (χ4n) is 2.87. The molecule has 0 unspecified atom stereocenters. The van der Waals surface area contributed by atoms with Crippen molar-refractivity contribution >= 4 is 56.8 Å². The van der Waals surface area contributed by atoms with Crippen LogP contribution in [0.15, 0.2) is 46.8 Å². The average molecular weight is 487 g/mol. The summed E-state index contributed by atoms with van der Waals surface area (Å²) >= 11 is 4.17. The van der Waals surface area contributed by atoms with Crippen molar-refractivity contribution in [1.82, 2.24) is 20.4 Å². The Hall–Kier alpha value is -2.89. The Bertz CT molecular complexity index is 1220. The highest BCUT2D eigenvalue weighted by Crippen LogP contribution is 2.32. The zero-order valence-corrected chi connectivity index (χ0v) is 19.7. The maximum Gasteiger partial charge on any atom is 0.286 e. The normalized spacial score (nSPS) is 10.8. The van der Waals surface area contributed by atoms with Gasteiger partial charge in [0.25, 0.3) is 5.91 Å². The van der Waals surface area contributed by atoms with E-state index in [1.165, 1.54) is 64.3 Å². The Morgan fingerprint density at radius 3 is 2.66 bits per heavy atom. The van der Waals surface area contributed by atoms with E-state index >= 15 is 0 Å². The van der Waals surface area contributed by atoms with Gasteiger partial charge in [0.15, 0.2) is 4.34 Å². The van der Waals surface area contributed by atoms with Gasteiger partial charge in [-0.05, 0) is 48.7 Å². The summed E-state index contributed by atoms with van der Waals surface area (Å²) in [6.07, 6.45) is 0.929. The maximum atomic E-state index is 13.0. The molecule has 0 atom stereocenters. The van der Waals surface area contributed by atoms with Crippen LogP contribution < -0.4 is 10.6 Å². The molecule has 2 aromatic carbocycles. The van der Waals surface area contributed by atoms with Crippen LogP contribution in [0.5, 0.6) is 0 Å². The number of rotatable bonds is 8. The highest BCUT2D eigenvalue weighted by molar-refractivity contribution is 8.00. The Labute approximate surface area is 196 Å². The monoisotopic (exact) mass is 486 g/mol. The molecule has 0 radical (unpaired) electrons. The van der Waals surface area contributed by atoms with Crippen molar-refractivity contribution < 1.29 is 9.18 Å². The van der Waals surface area contributed by atoms with Crippen LogP contribution in [0.2, 0.25) is 0 Å². The molecule has 0 saturated carbocycles. The van der Waals surface area contributed by atoms with E-state index in [0.717, 1.165) is 27.1 Å². The number of amides is 1. The fourth-order valence-corrected chi connectivity index (χ4v) is 5.35. The molecule has 0 aliphatic heterocycles. The predicted molar refractivity (Wildman–Crippen MR) is 128 cm³/mol. The number of anilines is 3. The summed E-state index contributed by atoms with van der Waals surface area (Å²) in [5.74, 6) is -0.212. The second-order valence-corrected chi connectivity index (χ2v) is 9.97. The molecule has 7 nitrogen and oxygen atoms in total. The van der Waals surface area contributed by atoms with Crippen molar-refractivity contribution in [2.45, 2.75) is 30.4 Å². The van der Waals surface area contributed by atoms with E-state index in [0.29, 0.717) is 16.4 Å². The SMILES string of the molecule is CCc1cccc(C)c1Nc1nnc(SCc2nnc(C(=O)Nc3ccc(F)cc3)s2)s1. The summed E-state index contributed by atoms with van der Waals surface area (Å²) < 4.78 is 13.8. The van der Waals surface area contributed by atoms with Crippen molar-refractivity contribution in [2.75, 3.05) is 10.6 Å². The molecule has 0 saturated heterocycles. The molecule has 0 bridgehead atoms. The number of halogens is 1. The van der Waals surface area contributed by atoms with Gasteiger partial charge in [-0.15, -0.1) is 20.4 Å². The van der Waals surface area contributed by atoms with E-state index < -0.39 is 0 Å². The molecule has 2 heterocycles. The smallest absolute Gasteiger partial charge is 0.286 e. The third kappa shape index (κ3) is 5.47. The molecule has 1 amide bonds. The molecule has 0 fully saturated rings. The first-order valence-corrected chi connectivity index (χ1v) is 12.3. The lowest BCUT2D eigenvalue weighted by Crippen LogP contribution is -2.11. The number of aromatic nitrogens is 4. The van der Waals surface area contributed by atoms with Crippen molar-refractivity contribution in [3.63, 3.8) is 0 Å². The first-order chi connectivity index (χ1) is 15.5. The number of nitrogens with one attached hydrogen (secondary N) is 2. The second-order valence-electron chi connectivity index (χ2n) is 6.71.